The van der Waals surface area contributed by atoms with Crippen LogP contribution in [0.2, 0.25) is 0 Å². The summed E-state index contributed by atoms with van der Waals surface area (Å²) in [5, 5.41) is 14.2. The van der Waals surface area contributed by atoms with Crippen LogP contribution in [0.3, 0.4) is 0 Å². The van der Waals surface area contributed by atoms with E-state index in [1.165, 1.54) is 22.9 Å². The number of hydrogen-bond donors (Lipinski definition) is 3. The molecule has 2 saturated heterocycles. The fourth-order valence-electron chi connectivity index (χ4n) is 3.56. The SMILES string of the molecule is CC1(C)SC2C(NC(=O)N/C=C/c3ccc4c(c3)OCO4)C(=O)N2[C@H]1C(=O)O. The molecule has 3 aliphatic heterocycles. The number of rotatable bonds is 4. The summed E-state index contributed by atoms with van der Waals surface area (Å²) in [4.78, 5) is 37.3. The van der Waals surface area contributed by atoms with E-state index in [0.29, 0.717) is 11.5 Å². The van der Waals surface area contributed by atoms with Crippen molar-refractivity contribution in [2.75, 3.05) is 6.79 Å². The van der Waals surface area contributed by atoms with Crippen LogP contribution < -0.4 is 20.1 Å². The third-order valence-electron chi connectivity index (χ3n) is 4.85. The Labute approximate surface area is 165 Å². The van der Waals surface area contributed by atoms with Gasteiger partial charge in [0.05, 0.1) is 0 Å². The van der Waals surface area contributed by atoms with Gasteiger partial charge in [-0.1, -0.05) is 6.07 Å². The molecule has 0 aliphatic carbocycles. The third-order valence-corrected chi connectivity index (χ3v) is 6.42. The first kappa shape index (κ1) is 18.5. The lowest BCUT2D eigenvalue weighted by molar-refractivity contribution is -0.159. The first-order valence-corrected chi connectivity index (χ1v) is 9.52. The lowest BCUT2D eigenvalue weighted by atomic mass is 9.96. The molecule has 2 fully saturated rings. The van der Waals surface area contributed by atoms with Crippen molar-refractivity contribution in [2.24, 2.45) is 0 Å². The molecule has 3 amide bonds. The van der Waals surface area contributed by atoms with Gasteiger partial charge < -0.3 is 30.1 Å². The Morgan fingerprint density at radius 1 is 1.32 bits per heavy atom. The number of β-lactam (4-membered cyclic amide) rings is 1. The molecule has 148 valence electrons. The van der Waals surface area contributed by atoms with E-state index in [1.54, 1.807) is 32.1 Å². The summed E-state index contributed by atoms with van der Waals surface area (Å²) in [6, 6.07) is 3.21. The number of aliphatic carboxylic acids is 1. The summed E-state index contributed by atoms with van der Waals surface area (Å²) in [6.45, 7) is 3.76. The van der Waals surface area contributed by atoms with Crippen LogP contribution in [0.4, 0.5) is 4.79 Å². The molecule has 1 aromatic rings. The summed E-state index contributed by atoms with van der Waals surface area (Å²) < 4.78 is 9.91. The third kappa shape index (κ3) is 3.03. The number of thioether (sulfide) groups is 1. The molecule has 4 rings (SSSR count). The maximum absolute atomic E-state index is 12.3. The molecular weight excluding hydrogens is 386 g/mol. The normalized spacial score (nSPS) is 26.7. The fraction of sp³-hybridized carbons (Fsp3) is 0.389. The van der Waals surface area contributed by atoms with E-state index in [0.717, 1.165) is 5.56 Å². The van der Waals surface area contributed by atoms with Gasteiger partial charge in [-0.3, -0.25) is 4.79 Å². The number of urea groups is 1. The molecule has 9 nitrogen and oxygen atoms in total. The number of amides is 3. The van der Waals surface area contributed by atoms with Crippen molar-refractivity contribution >= 4 is 35.7 Å². The van der Waals surface area contributed by atoms with E-state index < -0.39 is 28.8 Å². The number of carbonyl (C=O) groups excluding carboxylic acids is 2. The molecule has 3 N–H and O–H groups in total. The molecule has 0 radical (unpaired) electrons. The average molecular weight is 405 g/mol. The highest BCUT2D eigenvalue weighted by atomic mass is 32.2. The first-order valence-electron chi connectivity index (χ1n) is 8.64. The van der Waals surface area contributed by atoms with Gasteiger partial charge in [0, 0.05) is 10.9 Å². The minimum absolute atomic E-state index is 0.189. The van der Waals surface area contributed by atoms with Gasteiger partial charge >= 0.3 is 12.0 Å². The summed E-state index contributed by atoms with van der Waals surface area (Å²) in [6.07, 6.45) is 3.14. The predicted molar refractivity (Wildman–Crippen MR) is 101 cm³/mol. The van der Waals surface area contributed by atoms with Crippen LogP contribution in [0.25, 0.3) is 6.08 Å². The van der Waals surface area contributed by atoms with Gasteiger partial charge in [-0.15, -0.1) is 11.8 Å². The largest absolute Gasteiger partial charge is 0.480 e. The molecule has 0 bridgehead atoms. The monoisotopic (exact) mass is 405 g/mol. The zero-order chi connectivity index (χ0) is 20.1. The van der Waals surface area contributed by atoms with E-state index in [2.05, 4.69) is 10.6 Å². The molecule has 0 spiro atoms. The highest BCUT2D eigenvalue weighted by Crippen LogP contribution is 2.50. The molecule has 0 saturated carbocycles. The number of ether oxygens (including phenoxy) is 2. The molecular formula is C18H19N3O6S. The standard InChI is InChI=1S/C18H19N3O6S/c1-18(2)13(16(23)24)21-14(22)12(15(21)28-18)20-17(25)19-6-5-9-3-4-10-11(7-9)27-8-26-10/h3-7,12-13,15H,8H2,1-2H3,(H,23,24)(H2,19,20,25)/b6-5+/t12?,13-,15?/m0/s1. The van der Waals surface area contributed by atoms with Crippen LogP contribution in [0.5, 0.6) is 11.5 Å². The molecule has 10 heteroatoms. The van der Waals surface area contributed by atoms with E-state index >= 15 is 0 Å². The smallest absolute Gasteiger partial charge is 0.327 e. The quantitative estimate of drug-likeness (QED) is 0.645. The number of fused-ring (bicyclic) bond motifs is 2. The molecule has 0 aromatic heterocycles. The Bertz CT molecular complexity index is 886. The Morgan fingerprint density at radius 3 is 2.82 bits per heavy atom. The number of carboxylic acid groups (broad SMARTS) is 1. The van der Waals surface area contributed by atoms with Crippen LogP contribution in [0.1, 0.15) is 19.4 Å². The lowest BCUT2D eigenvalue weighted by Gasteiger charge is -2.43. The minimum Gasteiger partial charge on any atom is -0.480 e. The number of nitrogens with zero attached hydrogens (tertiary/aromatic N) is 1. The van der Waals surface area contributed by atoms with Gasteiger partial charge in [-0.2, -0.15) is 0 Å². The zero-order valence-electron chi connectivity index (χ0n) is 15.2. The van der Waals surface area contributed by atoms with E-state index in [4.69, 9.17) is 9.47 Å². The van der Waals surface area contributed by atoms with Crippen LogP contribution >= 0.6 is 11.8 Å². The van der Waals surface area contributed by atoms with E-state index in [1.807, 2.05) is 6.07 Å². The second-order valence-electron chi connectivity index (χ2n) is 7.14. The highest BCUT2D eigenvalue weighted by Gasteiger charge is 2.64. The summed E-state index contributed by atoms with van der Waals surface area (Å²) in [5.41, 5.74) is 0.813. The first-order chi connectivity index (χ1) is 13.3. The van der Waals surface area contributed by atoms with Gasteiger partial charge in [-0.25, -0.2) is 9.59 Å². The minimum atomic E-state index is -1.04. The van der Waals surface area contributed by atoms with Crippen LogP contribution in [0, 0.1) is 0 Å². The number of hydrogen-bond acceptors (Lipinski definition) is 6. The Balaban J connectivity index is 1.34. The highest BCUT2D eigenvalue weighted by molar-refractivity contribution is 8.01. The maximum atomic E-state index is 12.3. The Kier molecular flexibility index (Phi) is 4.37. The number of carboxylic acids is 1. The Morgan fingerprint density at radius 2 is 2.07 bits per heavy atom. The summed E-state index contributed by atoms with van der Waals surface area (Å²) in [7, 11) is 0. The van der Waals surface area contributed by atoms with E-state index in [-0.39, 0.29) is 18.1 Å². The fourth-order valence-corrected chi connectivity index (χ4v) is 5.18. The summed E-state index contributed by atoms with van der Waals surface area (Å²) in [5.74, 6) is -0.110. The predicted octanol–water partition coefficient (Wildman–Crippen LogP) is 1.20. The van der Waals surface area contributed by atoms with Crippen molar-refractivity contribution in [3.8, 4) is 11.5 Å². The molecule has 3 atom stereocenters. The number of benzene rings is 1. The number of carbonyl (C=O) groups is 3. The van der Waals surface area contributed by atoms with Gasteiger partial charge in [0.2, 0.25) is 12.7 Å². The topological polar surface area (TPSA) is 117 Å². The van der Waals surface area contributed by atoms with Gasteiger partial charge in [-0.05, 0) is 37.6 Å². The van der Waals surface area contributed by atoms with Crippen molar-refractivity contribution in [1.29, 1.82) is 0 Å². The van der Waals surface area contributed by atoms with Crippen LogP contribution in [0.15, 0.2) is 24.4 Å². The zero-order valence-corrected chi connectivity index (χ0v) is 16.0. The van der Waals surface area contributed by atoms with Crippen LogP contribution in [-0.4, -0.2) is 56.9 Å². The summed E-state index contributed by atoms with van der Waals surface area (Å²) >= 11 is 1.38. The van der Waals surface area contributed by atoms with Crippen LogP contribution in [-0.2, 0) is 9.59 Å². The molecule has 1 aromatic carbocycles. The van der Waals surface area contributed by atoms with Crippen molar-refractivity contribution in [3.63, 3.8) is 0 Å². The van der Waals surface area contributed by atoms with Gasteiger partial charge in [0.1, 0.15) is 17.5 Å². The molecule has 3 aliphatic rings. The molecule has 3 heterocycles. The van der Waals surface area contributed by atoms with E-state index in [9.17, 15) is 19.5 Å². The van der Waals surface area contributed by atoms with Crippen molar-refractivity contribution < 1.29 is 29.0 Å². The van der Waals surface area contributed by atoms with Gasteiger partial charge in [0.15, 0.2) is 11.5 Å². The Hall–Kier alpha value is -2.88. The van der Waals surface area contributed by atoms with Crippen molar-refractivity contribution in [3.05, 3.63) is 30.0 Å². The average Bonchev–Trinajstić information content (AvgIpc) is 3.19. The number of nitrogens with one attached hydrogen (secondary N) is 2. The maximum Gasteiger partial charge on any atom is 0.327 e. The van der Waals surface area contributed by atoms with Crippen molar-refractivity contribution in [1.82, 2.24) is 15.5 Å². The molecule has 2 unspecified atom stereocenters. The second kappa shape index (κ2) is 6.62. The van der Waals surface area contributed by atoms with Gasteiger partial charge in [0.25, 0.3) is 0 Å². The molecule has 28 heavy (non-hydrogen) atoms. The second-order valence-corrected chi connectivity index (χ2v) is 8.91. The lowest BCUT2D eigenvalue weighted by Crippen LogP contribution is -2.71. The van der Waals surface area contributed by atoms with Crippen molar-refractivity contribution in [2.45, 2.75) is 36.1 Å².